The molecule has 0 aliphatic carbocycles. The Balaban J connectivity index is 1.45. The van der Waals surface area contributed by atoms with Gasteiger partial charge in [0, 0.05) is 33.8 Å². The quantitative estimate of drug-likeness (QED) is 0.227. The van der Waals surface area contributed by atoms with Crippen LogP contribution >= 0.6 is 0 Å². The molecule has 8 rings (SSSR count). The number of aryl methyl sites for hydroxylation is 2. The predicted octanol–water partition coefficient (Wildman–Crippen LogP) is 9.38. The average molecular weight is 557 g/mol. The summed E-state index contributed by atoms with van der Waals surface area (Å²) in [6.07, 6.45) is 1.97. The van der Waals surface area contributed by atoms with Crippen LogP contribution in [0.1, 0.15) is 11.1 Å². The van der Waals surface area contributed by atoms with Gasteiger partial charge in [0.05, 0.1) is 22.2 Å². The molecule has 0 atom stereocenters. The number of H-pyrrole nitrogens is 1. The molecule has 0 aliphatic heterocycles. The third kappa shape index (κ3) is 4.09. The predicted molar refractivity (Wildman–Crippen MR) is 176 cm³/mol. The molecule has 5 heteroatoms. The van der Waals surface area contributed by atoms with E-state index in [0.29, 0.717) is 5.52 Å². The van der Waals surface area contributed by atoms with Crippen LogP contribution in [0.5, 0.6) is 5.75 Å². The number of rotatable bonds is 4. The van der Waals surface area contributed by atoms with Gasteiger partial charge in [0.2, 0.25) is 0 Å². The van der Waals surface area contributed by atoms with Gasteiger partial charge in [-0.1, -0.05) is 83.9 Å². The van der Waals surface area contributed by atoms with Gasteiger partial charge in [-0.2, -0.15) is 0 Å². The molecule has 0 spiro atoms. The summed E-state index contributed by atoms with van der Waals surface area (Å²) in [7, 11) is 0. The lowest BCUT2D eigenvalue weighted by atomic mass is 9.95. The molecule has 2 N–H and O–H groups in total. The van der Waals surface area contributed by atoms with Crippen molar-refractivity contribution in [3.8, 4) is 45.2 Å². The van der Waals surface area contributed by atoms with E-state index in [-0.39, 0.29) is 5.75 Å². The van der Waals surface area contributed by atoms with E-state index < -0.39 is 0 Å². The molecule has 0 saturated carbocycles. The zero-order valence-electron chi connectivity index (χ0n) is 23.8. The minimum Gasteiger partial charge on any atom is -0.506 e. The highest BCUT2D eigenvalue weighted by Gasteiger charge is 2.21. The maximum absolute atomic E-state index is 11.0. The number of benzene rings is 5. The van der Waals surface area contributed by atoms with Gasteiger partial charge < -0.3 is 10.1 Å². The number of aromatic amines is 1. The molecule has 0 radical (unpaired) electrons. The number of nitrogens with zero attached hydrogens (tertiary/aromatic N) is 3. The Hall–Kier alpha value is -5.68. The lowest BCUT2D eigenvalue weighted by Crippen LogP contribution is -1.97. The molecule has 3 heterocycles. The number of phenolic OH excluding ortho intramolecular Hbond substituents is 1. The van der Waals surface area contributed by atoms with Crippen molar-refractivity contribution >= 4 is 32.8 Å². The zero-order valence-corrected chi connectivity index (χ0v) is 23.8. The van der Waals surface area contributed by atoms with Crippen LogP contribution in [0.2, 0.25) is 0 Å². The largest absolute Gasteiger partial charge is 0.506 e. The Kier molecular flexibility index (Phi) is 5.66. The number of aromatic nitrogens is 4. The van der Waals surface area contributed by atoms with Crippen molar-refractivity contribution in [3.05, 3.63) is 133 Å². The molecular formula is C38H28N4O. The van der Waals surface area contributed by atoms with Crippen LogP contribution in [0.3, 0.4) is 0 Å². The van der Waals surface area contributed by atoms with Gasteiger partial charge >= 0.3 is 0 Å². The molecule has 5 nitrogen and oxygen atoms in total. The molecule has 206 valence electrons. The van der Waals surface area contributed by atoms with Crippen LogP contribution in [0.4, 0.5) is 0 Å². The van der Waals surface area contributed by atoms with Gasteiger partial charge in [-0.3, -0.25) is 4.57 Å². The Labute approximate surface area is 248 Å². The lowest BCUT2D eigenvalue weighted by Gasteiger charge is -2.13. The van der Waals surface area contributed by atoms with Crippen LogP contribution < -0.4 is 0 Å². The fraction of sp³-hybridized carbons (Fsp3) is 0.0526. The van der Waals surface area contributed by atoms with Gasteiger partial charge in [-0.25, -0.2) is 9.97 Å². The number of pyridine rings is 1. The van der Waals surface area contributed by atoms with E-state index in [1.54, 1.807) is 6.07 Å². The van der Waals surface area contributed by atoms with Crippen molar-refractivity contribution in [1.29, 1.82) is 0 Å². The van der Waals surface area contributed by atoms with Crippen LogP contribution in [0.25, 0.3) is 72.3 Å². The van der Waals surface area contributed by atoms with E-state index in [1.165, 1.54) is 11.1 Å². The Morgan fingerprint density at radius 2 is 1.42 bits per heavy atom. The Bertz CT molecular complexity index is 2310. The summed E-state index contributed by atoms with van der Waals surface area (Å²) in [5, 5.41) is 13.0. The monoisotopic (exact) mass is 556 g/mol. The van der Waals surface area contributed by atoms with Gasteiger partial charge in [0.15, 0.2) is 0 Å². The number of para-hydroxylation sites is 4. The van der Waals surface area contributed by atoms with Crippen molar-refractivity contribution in [3.63, 3.8) is 0 Å². The summed E-state index contributed by atoms with van der Waals surface area (Å²) in [4.78, 5) is 13.8. The highest BCUT2D eigenvalue weighted by molar-refractivity contribution is 6.03. The molecule has 0 bridgehead atoms. The number of hydrogen-bond donors (Lipinski definition) is 2. The SMILES string of the molecule is Cc1cc(C)cc(-c2cc(-c3cccc4c3nc(-c3cccc5cc[nH]c35)n4-c3ccccc3)nc3c(O)cccc23)c1. The lowest BCUT2D eigenvalue weighted by molar-refractivity contribution is 0.480. The Morgan fingerprint density at radius 1 is 0.651 bits per heavy atom. The summed E-state index contributed by atoms with van der Waals surface area (Å²) >= 11 is 0. The van der Waals surface area contributed by atoms with Gasteiger partial charge in [-0.15, -0.1) is 0 Å². The summed E-state index contributed by atoms with van der Waals surface area (Å²) in [5.41, 5.74) is 11.7. The van der Waals surface area contributed by atoms with Crippen LogP contribution in [-0.2, 0) is 0 Å². The summed E-state index contributed by atoms with van der Waals surface area (Å²) in [6, 6.07) is 39.3. The maximum atomic E-state index is 11.0. The molecule has 5 aromatic carbocycles. The standard InChI is InChI=1S/C38H28N4O/c1-23-19-24(2)21-26(20-23)31-22-32(40-37-28(31)12-8-16-34(37)43)29-13-7-15-33-36(29)41-38(42(33)27-10-4-3-5-11-27)30-14-6-9-25-17-18-39-35(25)30/h3-22,39,43H,1-2H3. The van der Waals surface area contributed by atoms with E-state index in [1.807, 2.05) is 36.5 Å². The number of fused-ring (bicyclic) bond motifs is 3. The first-order valence-corrected chi connectivity index (χ1v) is 14.4. The van der Waals surface area contributed by atoms with E-state index in [0.717, 1.165) is 66.8 Å². The smallest absolute Gasteiger partial charge is 0.147 e. The van der Waals surface area contributed by atoms with E-state index in [4.69, 9.17) is 9.97 Å². The normalized spacial score (nSPS) is 11.6. The molecule has 0 amide bonds. The topological polar surface area (TPSA) is 66.7 Å². The van der Waals surface area contributed by atoms with Crippen molar-refractivity contribution in [2.45, 2.75) is 13.8 Å². The number of nitrogens with one attached hydrogen (secondary N) is 1. The molecule has 0 unspecified atom stereocenters. The number of phenols is 1. The van der Waals surface area contributed by atoms with Crippen LogP contribution in [0, 0.1) is 13.8 Å². The van der Waals surface area contributed by atoms with Crippen LogP contribution in [0.15, 0.2) is 121 Å². The van der Waals surface area contributed by atoms with Crippen molar-refractivity contribution in [1.82, 2.24) is 19.5 Å². The molecule has 43 heavy (non-hydrogen) atoms. The number of imidazole rings is 1. The number of hydrogen-bond acceptors (Lipinski definition) is 3. The first-order valence-electron chi connectivity index (χ1n) is 14.4. The minimum atomic E-state index is 0.158. The van der Waals surface area contributed by atoms with Crippen LogP contribution in [-0.4, -0.2) is 24.6 Å². The second-order valence-electron chi connectivity index (χ2n) is 11.1. The van der Waals surface area contributed by atoms with Crippen molar-refractivity contribution < 1.29 is 5.11 Å². The highest BCUT2D eigenvalue weighted by atomic mass is 16.3. The first-order chi connectivity index (χ1) is 21.0. The van der Waals surface area contributed by atoms with Crippen molar-refractivity contribution in [2.24, 2.45) is 0 Å². The summed E-state index contributed by atoms with van der Waals surface area (Å²) in [5.74, 6) is 1.01. The summed E-state index contributed by atoms with van der Waals surface area (Å²) in [6.45, 7) is 4.23. The van der Waals surface area contributed by atoms with Crippen molar-refractivity contribution in [2.75, 3.05) is 0 Å². The third-order valence-corrected chi connectivity index (χ3v) is 8.15. The number of aromatic hydroxyl groups is 1. The Morgan fingerprint density at radius 3 is 2.26 bits per heavy atom. The molecular weight excluding hydrogens is 528 g/mol. The fourth-order valence-corrected chi connectivity index (χ4v) is 6.34. The molecule has 0 aliphatic rings. The summed E-state index contributed by atoms with van der Waals surface area (Å²) < 4.78 is 2.22. The van der Waals surface area contributed by atoms with E-state index in [2.05, 4.69) is 102 Å². The van der Waals surface area contributed by atoms with Gasteiger partial charge in [-0.05, 0) is 67.4 Å². The average Bonchev–Trinajstić information content (AvgIpc) is 3.66. The van der Waals surface area contributed by atoms with E-state index >= 15 is 0 Å². The zero-order chi connectivity index (χ0) is 29.1. The van der Waals surface area contributed by atoms with E-state index in [9.17, 15) is 5.11 Å². The fourth-order valence-electron chi connectivity index (χ4n) is 6.34. The second-order valence-corrected chi connectivity index (χ2v) is 11.1. The maximum Gasteiger partial charge on any atom is 0.147 e. The molecule has 0 fully saturated rings. The first kappa shape index (κ1) is 25.1. The highest BCUT2D eigenvalue weighted by Crippen LogP contribution is 2.40. The van der Waals surface area contributed by atoms with Gasteiger partial charge in [0.25, 0.3) is 0 Å². The molecule has 3 aromatic heterocycles. The third-order valence-electron chi connectivity index (χ3n) is 8.15. The second kappa shape index (κ2) is 9.71. The minimum absolute atomic E-state index is 0.158. The van der Waals surface area contributed by atoms with Gasteiger partial charge in [0.1, 0.15) is 17.1 Å². The molecule has 0 saturated heterocycles. The molecule has 8 aromatic rings.